The number of rotatable bonds is 3. The normalized spacial score (nSPS) is 18.4. The molecule has 0 aliphatic carbocycles. The fourth-order valence-electron chi connectivity index (χ4n) is 1.86. The van der Waals surface area contributed by atoms with E-state index in [-0.39, 0.29) is 11.1 Å². The van der Waals surface area contributed by atoms with Crippen molar-refractivity contribution in [3.63, 3.8) is 0 Å². The zero-order chi connectivity index (χ0) is 13.1. The number of thioether (sulfide) groups is 1. The minimum atomic E-state index is -0.160. The molecule has 0 bridgehead atoms. The molecule has 3 nitrogen and oxygen atoms in total. The minimum absolute atomic E-state index is 0.159. The summed E-state index contributed by atoms with van der Waals surface area (Å²) in [5, 5.41) is -0.160. The first-order valence-corrected chi connectivity index (χ1v) is 6.76. The van der Waals surface area contributed by atoms with Crippen LogP contribution in [-0.4, -0.2) is 22.6 Å². The molecule has 0 atom stereocenters. The van der Waals surface area contributed by atoms with Crippen molar-refractivity contribution >= 4 is 28.5 Å². The summed E-state index contributed by atoms with van der Waals surface area (Å²) < 4.78 is 0. The van der Waals surface area contributed by atoms with Gasteiger partial charge in [0.1, 0.15) is 0 Å². The van der Waals surface area contributed by atoms with Crippen molar-refractivity contribution in [1.29, 1.82) is 0 Å². The Morgan fingerprint density at radius 3 is 2.50 bits per heavy atom. The van der Waals surface area contributed by atoms with Crippen LogP contribution in [0.25, 0.3) is 5.57 Å². The van der Waals surface area contributed by atoms with Crippen molar-refractivity contribution < 1.29 is 9.59 Å². The first kappa shape index (κ1) is 12.9. The second kappa shape index (κ2) is 5.40. The van der Waals surface area contributed by atoms with E-state index in [2.05, 4.69) is 0 Å². The zero-order valence-electron chi connectivity index (χ0n) is 10.5. The van der Waals surface area contributed by atoms with Gasteiger partial charge >= 0.3 is 0 Å². The Balaban J connectivity index is 2.35. The summed E-state index contributed by atoms with van der Waals surface area (Å²) in [7, 11) is 0. The molecule has 1 heterocycles. The van der Waals surface area contributed by atoms with E-state index < -0.39 is 0 Å². The molecule has 0 aromatic heterocycles. The van der Waals surface area contributed by atoms with E-state index in [0.717, 1.165) is 29.3 Å². The molecule has 2 amide bonds. The monoisotopic (exact) mass is 261 g/mol. The lowest BCUT2D eigenvalue weighted by Gasteiger charge is -2.10. The van der Waals surface area contributed by atoms with Gasteiger partial charge in [0.25, 0.3) is 11.1 Å². The molecule has 4 heteroatoms. The third kappa shape index (κ3) is 2.34. The zero-order valence-corrected chi connectivity index (χ0v) is 11.3. The number of hydrogen-bond acceptors (Lipinski definition) is 3. The third-order valence-corrected chi connectivity index (χ3v) is 3.92. The van der Waals surface area contributed by atoms with Gasteiger partial charge in [-0.25, -0.2) is 0 Å². The van der Waals surface area contributed by atoms with Crippen molar-refractivity contribution in [3.05, 3.63) is 40.8 Å². The smallest absolute Gasteiger partial charge is 0.268 e. The summed E-state index contributed by atoms with van der Waals surface area (Å²) in [5.41, 5.74) is 1.86. The molecule has 18 heavy (non-hydrogen) atoms. The van der Waals surface area contributed by atoms with Gasteiger partial charge in [0.15, 0.2) is 0 Å². The van der Waals surface area contributed by atoms with Gasteiger partial charge in [0.05, 0.1) is 4.91 Å². The Kier molecular flexibility index (Phi) is 3.87. The molecule has 1 fully saturated rings. The number of carbonyl (C=O) groups is 2. The van der Waals surface area contributed by atoms with Gasteiger partial charge in [-0.1, -0.05) is 37.3 Å². The first-order chi connectivity index (χ1) is 8.65. The molecule has 0 unspecified atom stereocenters. The highest BCUT2D eigenvalue weighted by Crippen LogP contribution is 2.36. The summed E-state index contributed by atoms with van der Waals surface area (Å²) in [4.78, 5) is 25.8. The molecule has 0 radical (unpaired) electrons. The van der Waals surface area contributed by atoms with E-state index >= 15 is 0 Å². The van der Waals surface area contributed by atoms with Crippen molar-refractivity contribution in [3.8, 4) is 0 Å². The van der Waals surface area contributed by atoms with E-state index in [9.17, 15) is 9.59 Å². The van der Waals surface area contributed by atoms with Gasteiger partial charge in [0.2, 0.25) is 0 Å². The molecular weight excluding hydrogens is 246 g/mol. The second-order valence-electron chi connectivity index (χ2n) is 4.14. The molecule has 1 saturated heterocycles. The summed E-state index contributed by atoms with van der Waals surface area (Å²) in [6.45, 7) is 4.34. The number of benzene rings is 1. The number of allylic oxidation sites excluding steroid dienone is 1. The summed E-state index contributed by atoms with van der Waals surface area (Å²) in [6, 6.07) is 9.68. The Bertz CT molecular complexity index is 508. The van der Waals surface area contributed by atoms with Crippen molar-refractivity contribution in [2.24, 2.45) is 0 Å². The van der Waals surface area contributed by atoms with Crippen LogP contribution >= 0.6 is 11.8 Å². The molecule has 0 N–H and O–H groups in total. The van der Waals surface area contributed by atoms with Crippen LogP contribution in [0.5, 0.6) is 0 Å². The standard InChI is InChI=1S/C14H15NO2S/c1-3-9-15-13(16)12(18-14(15)17)10(2)11-7-5-4-6-8-11/h4-8H,3,9H2,1-2H3. The molecule has 1 aromatic rings. The molecule has 94 valence electrons. The predicted octanol–water partition coefficient (Wildman–Crippen LogP) is 3.52. The Morgan fingerprint density at radius 1 is 1.22 bits per heavy atom. The third-order valence-electron chi connectivity index (χ3n) is 2.84. The maximum absolute atomic E-state index is 12.1. The molecular formula is C14H15NO2S. The van der Waals surface area contributed by atoms with Gasteiger partial charge in [0, 0.05) is 6.54 Å². The quantitative estimate of drug-likeness (QED) is 0.781. The first-order valence-electron chi connectivity index (χ1n) is 5.95. The summed E-state index contributed by atoms with van der Waals surface area (Å²) in [6.07, 6.45) is 0.787. The maximum Gasteiger partial charge on any atom is 0.293 e. The van der Waals surface area contributed by atoms with Gasteiger partial charge in [-0.05, 0) is 36.2 Å². The van der Waals surface area contributed by atoms with Crippen LogP contribution in [0.15, 0.2) is 35.2 Å². The number of imide groups is 1. The van der Waals surface area contributed by atoms with E-state index in [1.165, 1.54) is 4.90 Å². The molecule has 1 aliphatic rings. The maximum atomic E-state index is 12.1. The highest BCUT2D eigenvalue weighted by atomic mass is 32.2. The summed E-state index contributed by atoms with van der Waals surface area (Å²) in [5.74, 6) is -0.159. The molecule has 0 spiro atoms. The van der Waals surface area contributed by atoms with E-state index in [1.54, 1.807) is 0 Å². The van der Waals surface area contributed by atoms with Crippen molar-refractivity contribution in [2.75, 3.05) is 6.54 Å². The Morgan fingerprint density at radius 2 is 1.89 bits per heavy atom. The van der Waals surface area contributed by atoms with Crippen molar-refractivity contribution in [2.45, 2.75) is 20.3 Å². The van der Waals surface area contributed by atoms with Gasteiger partial charge in [-0.15, -0.1) is 0 Å². The highest BCUT2D eigenvalue weighted by molar-refractivity contribution is 8.18. The number of hydrogen-bond donors (Lipinski definition) is 0. The van der Waals surface area contributed by atoms with Crippen LogP contribution in [0.4, 0.5) is 4.79 Å². The molecule has 2 rings (SSSR count). The van der Waals surface area contributed by atoms with Crippen LogP contribution in [0.1, 0.15) is 25.8 Å². The summed E-state index contributed by atoms with van der Waals surface area (Å²) >= 11 is 1.04. The molecule has 1 aromatic carbocycles. The Labute approximate surface area is 111 Å². The van der Waals surface area contributed by atoms with E-state index in [1.807, 2.05) is 44.2 Å². The Hall–Kier alpha value is -1.55. The van der Waals surface area contributed by atoms with Crippen LogP contribution in [0.3, 0.4) is 0 Å². The van der Waals surface area contributed by atoms with Crippen LogP contribution in [0, 0.1) is 0 Å². The SMILES string of the molecule is CCCN1C(=O)SC(=C(C)c2ccccc2)C1=O. The fourth-order valence-corrected chi connectivity index (χ4v) is 2.79. The van der Waals surface area contributed by atoms with Crippen LogP contribution < -0.4 is 0 Å². The van der Waals surface area contributed by atoms with Gasteiger partial charge in [-0.3, -0.25) is 14.5 Å². The predicted molar refractivity (Wildman–Crippen MR) is 74.0 cm³/mol. The molecule has 0 saturated carbocycles. The molecule has 1 aliphatic heterocycles. The lowest BCUT2D eigenvalue weighted by atomic mass is 10.1. The fraction of sp³-hybridized carbons (Fsp3) is 0.286. The van der Waals surface area contributed by atoms with Crippen LogP contribution in [0.2, 0.25) is 0 Å². The average Bonchev–Trinajstić information content (AvgIpc) is 2.67. The van der Waals surface area contributed by atoms with Gasteiger partial charge < -0.3 is 0 Å². The van der Waals surface area contributed by atoms with E-state index in [4.69, 9.17) is 0 Å². The van der Waals surface area contributed by atoms with Crippen molar-refractivity contribution in [1.82, 2.24) is 4.90 Å². The van der Waals surface area contributed by atoms with Crippen LogP contribution in [-0.2, 0) is 4.79 Å². The van der Waals surface area contributed by atoms with Gasteiger partial charge in [-0.2, -0.15) is 0 Å². The van der Waals surface area contributed by atoms with E-state index in [0.29, 0.717) is 11.4 Å². The minimum Gasteiger partial charge on any atom is -0.268 e. The largest absolute Gasteiger partial charge is 0.293 e. The highest BCUT2D eigenvalue weighted by Gasteiger charge is 2.35. The lowest BCUT2D eigenvalue weighted by molar-refractivity contribution is -0.122. The number of nitrogens with zero attached hydrogens (tertiary/aromatic N) is 1. The number of carbonyl (C=O) groups excluding carboxylic acids is 2. The average molecular weight is 261 g/mol. The topological polar surface area (TPSA) is 37.4 Å². The number of amides is 2. The second-order valence-corrected chi connectivity index (χ2v) is 5.11. The lowest BCUT2D eigenvalue weighted by Crippen LogP contribution is -2.28.